The third kappa shape index (κ3) is 5.53. The van der Waals surface area contributed by atoms with Gasteiger partial charge in [-0.05, 0) is 43.3 Å². The van der Waals surface area contributed by atoms with E-state index in [1.54, 1.807) is 79.7 Å². The smallest absolute Gasteiger partial charge is 0.265 e. The molecule has 0 saturated carbocycles. The summed E-state index contributed by atoms with van der Waals surface area (Å²) in [7, 11) is -1.92. The Kier molecular flexibility index (Phi) is 6.95. The predicted molar refractivity (Wildman–Crippen MR) is 125 cm³/mol. The Hall–Kier alpha value is -3.65. The fraction of sp³-hybridized carbons (Fsp3) is 0.167. The van der Waals surface area contributed by atoms with Crippen LogP contribution in [0.5, 0.6) is 5.75 Å². The van der Waals surface area contributed by atoms with E-state index in [2.05, 4.69) is 5.32 Å². The van der Waals surface area contributed by atoms with Gasteiger partial charge in [0.2, 0.25) is 10.0 Å². The summed E-state index contributed by atoms with van der Waals surface area (Å²) in [5, 5.41) is 2.76. The molecule has 0 aliphatic heterocycles. The number of nitrogens with zero attached hydrogens (tertiary/aromatic N) is 1. The maximum Gasteiger partial charge on any atom is 0.265 e. The van der Waals surface area contributed by atoms with Crippen LogP contribution in [0.25, 0.3) is 0 Å². The average Bonchev–Trinajstić information content (AvgIpc) is 2.79. The van der Waals surface area contributed by atoms with Gasteiger partial charge < -0.3 is 10.1 Å². The molecule has 1 unspecified atom stereocenters. The molecular weight excluding hydrogens is 428 g/mol. The van der Waals surface area contributed by atoms with Crippen molar-refractivity contribution in [3.8, 4) is 5.75 Å². The molecule has 1 N–H and O–H groups in total. The number of carbonyl (C=O) groups excluding carboxylic acids is 2. The van der Waals surface area contributed by atoms with E-state index < -0.39 is 22.0 Å². The Balaban J connectivity index is 1.70. The van der Waals surface area contributed by atoms with E-state index >= 15 is 0 Å². The summed E-state index contributed by atoms with van der Waals surface area (Å²) in [5.41, 5.74) is 1.78. The molecule has 3 aromatic rings. The summed E-state index contributed by atoms with van der Waals surface area (Å²) in [5.74, 6) is -0.205. The minimum absolute atomic E-state index is 0.194. The van der Waals surface area contributed by atoms with Crippen molar-refractivity contribution >= 4 is 33.1 Å². The largest absolute Gasteiger partial charge is 0.481 e. The number of nitrogens with one attached hydrogen (secondary N) is 1. The molecule has 3 rings (SSSR count). The zero-order chi connectivity index (χ0) is 23.3. The lowest BCUT2D eigenvalue weighted by atomic mass is 10.0. The van der Waals surface area contributed by atoms with Crippen molar-refractivity contribution in [2.75, 3.05) is 22.9 Å². The second-order valence-corrected chi connectivity index (χ2v) is 9.23. The summed E-state index contributed by atoms with van der Waals surface area (Å²) in [6.07, 6.45) is 0.262. The Bertz CT molecular complexity index is 1210. The molecule has 0 radical (unpaired) electrons. The van der Waals surface area contributed by atoms with E-state index in [-0.39, 0.29) is 5.78 Å². The zero-order valence-corrected chi connectivity index (χ0v) is 18.8. The maximum absolute atomic E-state index is 12.8. The minimum atomic E-state index is -3.37. The number of sulfonamides is 1. The molecular formula is C24H24N2O5S. The van der Waals surface area contributed by atoms with Crippen molar-refractivity contribution in [3.05, 3.63) is 90.0 Å². The predicted octanol–water partition coefficient (Wildman–Crippen LogP) is 3.72. The topological polar surface area (TPSA) is 92.8 Å². The molecule has 32 heavy (non-hydrogen) atoms. The molecule has 0 heterocycles. The van der Waals surface area contributed by atoms with Crippen LogP contribution in [0.1, 0.15) is 22.8 Å². The average molecular weight is 453 g/mol. The summed E-state index contributed by atoms with van der Waals surface area (Å²) < 4.78 is 30.1. The molecule has 0 aliphatic rings. The lowest BCUT2D eigenvalue weighted by Crippen LogP contribution is -2.30. The molecule has 0 bridgehead atoms. The van der Waals surface area contributed by atoms with E-state index in [0.717, 1.165) is 10.6 Å². The number of carbonyl (C=O) groups is 2. The number of hydrogen-bond donors (Lipinski definition) is 1. The van der Waals surface area contributed by atoms with Crippen molar-refractivity contribution in [1.29, 1.82) is 0 Å². The van der Waals surface area contributed by atoms with Crippen molar-refractivity contribution in [2.24, 2.45) is 0 Å². The Morgan fingerprint density at radius 2 is 1.50 bits per heavy atom. The summed E-state index contributed by atoms with van der Waals surface area (Å²) >= 11 is 0. The number of anilines is 2. The molecule has 7 nitrogen and oxygen atoms in total. The van der Waals surface area contributed by atoms with Gasteiger partial charge in [-0.3, -0.25) is 13.9 Å². The molecule has 166 valence electrons. The third-order valence-electron chi connectivity index (χ3n) is 4.85. The van der Waals surface area contributed by atoms with Gasteiger partial charge in [-0.15, -0.1) is 0 Å². The molecule has 1 atom stereocenters. The van der Waals surface area contributed by atoms with E-state index in [1.165, 1.54) is 7.05 Å². The summed E-state index contributed by atoms with van der Waals surface area (Å²) in [6, 6.07) is 22.0. The first-order chi connectivity index (χ1) is 15.2. The highest BCUT2D eigenvalue weighted by molar-refractivity contribution is 7.92. The van der Waals surface area contributed by atoms with Crippen molar-refractivity contribution in [3.63, 3.8) is 0 Å². The van der Waals surface area contributed by atoms with Crippen LogP contribution in [0.15, 0.2) is 78.9 Å². The molecule has 0 aromatic heterocycles. The Morgan fingerprint density at radius 3 is 2.12 bits per heavy atom. The molecule has 0 aliphatic carbocycles. The van der Waals surface area contributed by atoms with Crippen molar-refractivity contribution < 1.29 is 22.7 Å². The Morgan fingerprint density at radius 1 is 0.906 bits per heavy atom. The van der Waals surface area contributed by atoms with Gasteiger partial charge in [0.1, 0.15) is 5.75 Å². The second kappa shape index (κ2) is 9.65. The van der Waals surface area contributed by atoms with Gasteiger partial charge in [-0.2, -0.15) is 0 Å². The van der Waals surface area contributed by atoms with E-state index in [9.17, 15) is 18.0 Å². The lowest BCUT2D eigenvalue weighted by molar-refractivity contribution is -0.122. The van der Waals surface area contributed by atoms with Crippen LogP contribution in [0.2, 0.25) is 0 Å². The third-order valence-corrected chi connectivity index (χ3v) is 6.05. The number of amides is 1. The first kappa shape index (κ1) is 23.0. The number of ketones is 1. The van der Waals surface area contributed by atoms with Crippen LogP contribution < -0.4 is 14.4 Å². The van der Waals surface area contributed by atoms with Crippen molar-refractivity contribution in [2.45, 2.75) is 13.0 Å². The first-order valence-electron chi connectivity index (χ1n) is 9.87. The van der Waals surface area contributed by atoms with Crippen LogP contribution in [-0.2, 0) is 14.8 Å². The van der Waals surface area contributed by atoms with E-state index in [1.807, 2.05) is 6.07 Å². The summed E-state index contributed by atoms with van der Waals surface area (Å²) in [4.78, 5) is 25.5. The van der Waals surface area contributed by atoms with Gasteiger partial charge in [-0.25, -0.2) is 8.42 Å². The normalized spacial score (nSPS) is 12.0. The van der Waals surface area contributed by atoms with Crippen LogP contribution in [-0.4, -0.2) is 39.5 Å². The maximum atomic E-state index is 12.8. The van der Waals surface area contributed by atoms with Crippen LogP contribution in [0, 0.1) is 0 Å². The fourth-order valence-corrected chi connectivity index (χ4v) is 3.46. The fourth-order valence-electron chi connectivity index (χ4n) is 2.95. The second-order valence-electron chi connectivity index (χ2n) is 7.21. The highest BCUT2D eigenvalue weighted by Gasteiger charge is 2.19. The molecule has 0 saturated heterocycles. The van der Waals surface area contributed by atoms with Gasteiger partial charge in [-0.1, -0.05) is 42.5 Å². The number of benzene rings is 3. The molecule has 0 fully saturated rings. The Labute approximate surface area is 187 Å². The van der Waals surface area contributed by atoms with Crippen molar-refractivity contribution in [1.82, 2.24) is 0 Å². The molecule has 0 spiro atoms. The monoisotopic (exact) mass is 452 g/mol. The van der Waals surface area contributed by atoms with E-state index in [4.69, 9.17) is 4.74 Å². The highest BCUT2D eigenvalue weighted by atomic mass is 32.2. The SMILES string of the molecule is CC(Oc1ccc(N(C)S(C)(=O)=O)cc1)C(=O)Nc1ccccc1C(=O)c1ccccc1. The summed E-state index contributed by atoms with van der Waals surface area (Å²) in [6.45, 7) is 1.59. The molecule has 3 aromatic carbocycles. The van der Waals surface area contributed by atoms with Gasteiger partial charge in [0.25, 0.3) is 5.91 Å². The van der Waals surface area contributed by atoms with Crippen LogP contribution in [0.3, 0.4) is 0 Å². The number of rotatable bonds is 8. The first-order valence-corrected chi connectivity index (χ1v) is 11.7. The molecule has 1 amide bonds. The number of ether oxygens (including phenoxy) is 1. The van der Waals surface area contributed by atoms with Gasteiger partial charge in [0, 0.05) is 18.2 Å². The lowest BCUT2D eigenvalue weighted by Gasteiger charge is -2.18. The zero-order valence-electron chi connectivity index (χ0n) is 18.0. The quantitative estimate of drug-likeness (QED) is 0.526. The minimum Gasteiger partial charge on any atom is -0.481 e. The molecule has 8 heteroatoms. The van der Waals surface area contributed by atoms with Crippen LogP contribution >= 0.6 is 0 Å². The van der Waals surface area contributed by atoms with Gasteiger partial charge >= 0.3 is 0 Å². The number of hydrogen-bond acceptors (Lipinski definition) is 5. The highest BCUT2D eigenvalue weighted by Crippen LogP contribution is 2.22. The van der Waals surface area contributed by atoms with Crippen LogP contribution in [0.4, 0.5) is 11.4 Å². The van der Waals surface area contributed by atoms with E-state index in [0.29, 0.717) is 28.3 Å². The number of para-hydroxylation sites is 1. The van der Waals surface area contributed by atoms with Gasteiger partial charge in [0.15, 0.2) is 11.9 Å². The van der Waals surface area contributed by atoms with Gasteiger partial charge in [0.05, 0.1) is 17.6 Å². The standard InChI is InChI=1S/C24H24N2O5S/c1-17(31-20-15-13-19(14-16-20)26(2)32(3,29)30)24(28)25-22-12-8-7-11-21(22)23(27)18-9-5-4-6-10-18/h4-17H,1-3H3,(H,25,28).